The molecule has 2 aromatic rings. The Labute approximate surface area is 174 Å². The molecule has 0 saturated heterocycles. The molecule has 1 atom stereocenters. The van der Waals surface area contributed by atoms with E-state index in [4.69, 9.17) is 4.74 Å². The summed E-state index contributed by atoms with van der Waals surface area (Å²) >= 11 is 0. The van der Waals surface area contributed by atoms with Crippen LogP contribution >= 0.6 is 0 Å². The van der Waals surface area contributed by atoms with Crippen LogP contribution in [0.25, 0.3) is 0 Å². The van der Waals surface area contributed by atoms with Gasteiger partial charge in [0.05, 0.1) is 30.3 Å². The first-order chi connectivity index (χ1) is 13.7. The van der Waals surface area contributed by atoms with E-state index in [-0.39, 0.29) is 11.4 Å². The Balaban J connectivity index is 2.24. The fourth-order valence-electron chi connectivity index (χ4n) is 2.84. The van der Waals surface area contributed by atoms with Crippen molar-refractivity contribution < 1.29 is 18.3 Å². The Kier molecular flexibility index (Phi) is 8.49. The van der Waals surface area contributed by atoms with Crippen molar-refractivity contribution in [1.29, 1.82) is 0 Å². The first-order valence-corrected chi connectivity index (χ1v) is 11.3. The minimum absolute atomic E-state index is 0.0444. The van der Waals surface area contributed by atoms with E-state index in [0.29, 0.717) is 23.9 Å². The number of methoxy groups -OCH3 is 1. The zero-order chi connectivity index (χ0) is 21.4. The summed E-state index contributed by atoms with van der Waals surface area (Å²) in [4.78, 5) is 0.193. The summed E-state index contributed by atoms with van der Waals surface area (Å²) in [6, 6.07) is 13.5. The number of aliphatic hydroxyl groups is 1. The van der Waals surface area contributed by atoms with Crippen LogP contribution in [0.2, 0.25) is 0 Å². The average molecular weight is 421 g/mol. The maximum atomic E-state index is 13.3. The minimum atomic E-state index is -3.82. The predicted octanol–water partition coefficient (Wildman–Crippen LogP) is 3.20. The quantitative estimate of drug-likeness (QED) is 0.546. The highest BCUT2D eigenvalue weighted by molar-refractivity contribution is 7.92. The summed E-state index contributed by atoms with van der Waals surface area (Å²) in [7, 11) is -2.27. The molecule has 0 heterocycles. The van der Waals surface area contributed by atoms with Crippen LogP contribution in [-0.4, -0.2) is 46.4 Å². The van der Waals surface area contributed by atoms with Gasteiger partial charge in [-0.25, -0.2) is 8.42 Å². The molecule has 0 bridgehead atoms. The second kappa shape index (κ2) is 10.6. The van der Waals surface area contributed by atoms with Crippen LogP contribution in [0.5, 0.6) is 5.75 Å². The highest BCUT2D eigenvalue weighted by Crippen LogP contribution is 2.26. The van der Waals surface area contributed by atoms with E-state index in [0.717, 1.165) is 18.5 Å². The van der Waals surface area contributed by atoms with Gasteiger partial charge in [-0.15, -0.1) is 0 Å². The monoisotopic (exact) mass is 420 g/mol. The standard InChI is InChI=1S/C22H32N2O4S/c1-17(2)13-14-23-15-20(25)16-24(19-7-9-21(28-4)10-8-19)29(26,27)22-11-5-18(3)6-12-22/h5-12,17,20,23,25H,13-16H2,1-4H3/t20-/m0/s1. The van der Waals surface area contributed by atoms with E-state index in [1.807, 2.05) is 6.92 Å². The second-order valence-corrected chi connectivity index (χ2v) is 9.45. The number of nitrogens with zero attached hydrogens (tertiary/aromatic N) is 1. The lowest BCUT2D eigenvalue weighted by atomic mass is 10.1. The van der Waals surface area contributed by atoms with Crippen molar-refractivity contribution in [3.8, 4) is 5.75 Å². The molecule has 0 amide bonds. The highest BCUT2D eigenvalue weighted by atomic mass is 32.2. The Morgan fingerprint density at radius 3 is 2.24 bits per heavy atom. The molecule has 0 saturated carbocycles. The third-order valence-corrected chi connectivity index (χ3v) is 6.43. The number of aliphatic hydroxyl groups excluding tert-OH is 1. The number of aryl methyl sites for hydroxylation is 1. The van der Waals surface area contributed by atoms with Crippen LogP contribution in [0.15, 0.2) is 53.4 Å². The Bertz CT molecular complexity index is 849. The maximum Gasteiger partial charge on any atom is 0.264 e. The summed E-state index contributed by atoms with van der Waals surface area (Å²) in [6.45, 7) is 7.24. The third kappa shape index (κ3) is 6.73. The van der Waals surface area contributed by atoms with Crippen molar-refractivity contribution in [3.05, 3.63) is 54.1 Å². The molecule has 0 aliphatic heterocycles. The SMILES string of the molecule is COc1ccc(N(C[C@@H](O)CNCCC(C)C)S(=O)(=O)c2ccc(C)cc2)cc1. The molecule has 2 N–H and O–H groups in total. The number of rotatable bonds is 11. The molecule has 160 valence electrons. The van der Waals surface area contributed by atoms with Crippen molar-refractivity contribution in [2.24, 2.45) is 5.92 Å². The molecular formula is C22H32N2O4S. The summed E-state index contributed by atoms with van der Waals surface area (Å²) in [6.07, 6.45) is 0.154. The maximum absolute atomic E-state index is 13.3. The number of hydrogen-bond acceptors (Lipinski definition) is 5. The summed E-state index contributed by atoms with van der Waals surface area (Å²) in [5, 5.41) is 13.7. The molecule has 29 heavy (non-hydrogen) atoms. The Morgan fingerprint density at radius 1 is 1.07 bits per heavy atom. The molecule has 2 aromatic carbocycles. The van der Waals surface area contributed by atoms with Crippen LogP contribution < -0.4 is 14.4 Å². The zero-order valence-electron chi connectivity index (χ0n) is 17.6. The van der Waals surface area contributed by atoms with Crippen molar-refractivity contribution in [2.45, 2.75) is 38.2 Å². The van der Waals surface area contributed by atoms with E-state index in [1.54, 1.807) is 55.6 Å². The molecule has 0 radical (unpaired) electrons. The Morgan fingerprint density at radius 2 is 1.69 bits per heavy atom. The summed E-state index contributed by atoms with van der Waals surface area (Å²) < 4.78 is 33.1. The van der Waals surface area contributed by atoms with Gasteiger partial charge in [-0.1, -0.05) is 31.5 Å². The van der Waals surface area contributed by atoms with Crippen LogP contribution in [0.1, 0.15) is 25.8 Å². The van der Waals surface area contributed by atoms with Gasteiger partial charge in [0.15, 0.2) is 0 Å². The third-order valence-electron chi connectivity index (χ3n) is 4.62. The molecule has 0 aliphatic carbocycles. The van der Waals surface area contributed by atoms with E-state index in [9.17, 15) is 13.5 Å². The number of benzene rings is 2. The molecule has 0 aliphatic rings. The van der Waals surface area contributed by atoms with Gasteiger partial charge in [0, 0.05) is 6.54 Å². The lowest BCUT2D eigenvalue weighted by molar-refractivity contribution is 0.180. The largest absolute Gasteiger partial charge is 0.497 e. The average Bonchev–Trinajstić information content (AvgIpc) is 2.69. The van der Waals surface area contributed by atoms with E-state index < -0.39 is 16.1 Å². The number of hydrogen-bond donors (Lipinski definition) is 2. The van der Waals surface area contributed by atoms with Gasteiger partial charge in [0.1, 0.15) is 5.75 Å². The van der Waals surface area contributed by atoms with Gasteiger partial charge in [-0.2, -0.15) is 0 Å². The molecule has 6 nitrogen and oxygen atoms in total. The topological polar surface area (TPSA) is 78.9 Å². The molecule has 0 unspecified atom stereocenters. The van der Waals surface area contributed by atoms with Crippen molar-refractivity contribution >= 4 is 15.7 Å². The van der Waals surface area contributed by atoms with Crippen molar-refractivity contribution in [3.63, 3.8) is 0 Å². The normalized spacial score (nSPS) is 12.8. The number of nitrogens with one attached hydrogen (secondary N) is 1. The lowest BCUT2D eigenvalue weighted by Crippen LogP contribution is -2.42. The molecule has 7 heteroatoms. The van der Waals surface area contributed by atoms with E-state index >= 15 is 0 Å². The number of anilines is 1. The minimum Gasteiger partial charge on any atom is -0.497 e. The summed E-state index contributed by atoms with van der Waals surface area (Å²) in [5.41, 5.74) is 1.46. The smallest absolute Gasteiger partial charge is 0.264 e. The van der Waals surface area contributed by atoms with Gasteiger partial charge in [-0.05, 0) is 62.2 Å². The van der Waals surface area contributed by atoms with Crippen LogP contribution in [0, 0.1) is 12.8 Å². The van der Waals surface area contributed by atoms with E-state index in [2.05, 4.69) is 19.2 Å². The first-order valence-electron chi connectivity index (χ1n) is 9.86. The zero-order valence-corrected chi connectivity index (χ0v) is 18.4. The van der Waals surface area contributed by atoms with Gasteiger partial charge in [0.25, 0.3) is 10.0 Å². The van der Waals surface area contributed by atoms with Crippen LogP contribution in [0.3, 0.4) is 0 Å². The molecular weight excluding hydrogens is 388 g/mol. The van der Waals surface area contributed by atoms with E-state index in [1.165, 1.54) is 4.31 Å². The van der Waals surface area contributed by atoms with Crippen molar-refractivity contribution in [2.75, 3.05) is 31.0 Å². The number of ether oxygens (including phenoxy) is 1. The lowest BCUT2D eigenvalue weighted by Gasteiger charge is -2.27. The van der Waals surface area contributed by atoms with Gasteiger partial charge < -0.3 is 15.2 Å². The van der Waals surface area contributed by atoms with Gasteiger partial charge in [-0.3, -0.25) is 4.31 Å². The summed E-state index contributed by atoms with van der Waals surface area (Å²) in [5.74, 6) is 1.20. The highest BCUT2D eigenvalue weighted by Gasteiger charge is 2.27. The fraction of sp³-hybridized carbons (Fsp3) is 0.455. The van der Waals surface area contributed by atoms with Crippen molar-refractivity contribution in [1.82, 2.24) is 5.32 Å². The first kappa shape index (κ1) is 23.2. The second-order valence-electron chi connectivity index (χ2n) is 7.59. The van der Waals surface area contributed by atoms with Gasteiger partial charge in [0.2, 0.25) is 0 Å². The fourth-order valence-corrected chi connectivity index (χ4v) is 4.35. The molecule has 0 fully saturated rings. The molecule has 2 rings (SSSR count). The van der Waals surface area contributed by atoms with Gasteiger partial charge >= 0.3 is 0 Å². The van der Waals surface area contributed by atoms with Crippen LogP contribution in [0.4, 0.5) is 5.69 Å². The Hall–Kier alpha value is -2.09. The molecule has 0 spiro atoms. The number of sulfonamides is 1. The van der Waals surface area contributed by atoms with Crippen LogP contribution in [-0.2, 0) is 10.0 Å². The molecule has 0 aromatic heterocycles. The predicted molar refractivity (Wildman–Crippen MR) is 117 cm³/mol.